The van der Waals surface area contributed by atoms with Gasteiger partial charge >= 0.3 is 0 Å². The van der Waals surface area contributed by atoms with E-state index in [9.17, 15) is 0 Å². The highest BCUT2D eigenvalue weighted by Gasteiger charge is 2.20. The zero-order valence-corrected chi connectivity index (χ0v) is 7.42. The summed E-state index contributed by atoms with van der Waals surface area (Å²) in [5.41, 5.74) is 0. The lowest BCUT2D eigenvalue weighted by molar-refractivity contribution is 0.301. The molecule has 0 saturated carbocycles. The molecule has 0 radical (unpaired) electrons. The molecular formula is C10H15NO. The van der Waals surface area contributed by atoms with Crippen molar-refractivity contribution in [3.63, 3.8) is 0 Å². The van der Waals surface area contributed by atoms with Crippen molar-refractivity contribution in [2.45, 2.75) is 38.3 Å². The van der Waals surface area contributed by atoms with Gasteiger partial charge in [0.2, 0.25) is 0 Å². The normalized spacial score (nSPS) is 30.4. The molecule has 1 fully saturated rings. The van der Waals surface area contributed by atoms with Gasteiger partial charge in [0.05, 0.1) is 12.3 Å². The number of hydrogen-bond acceptors (Lipinski definition) is 2. The molecule has 2 heteroatoms. The zero-order chi connectivity index (χ0) is 8.39. The molecule has 2 atom stereocenters. The first-order valence-electron chi connectivity index (χ1n) is 4.66. The molecule has 0 aromatic carbocycles. The molecule has 1 aliphatic heterocycles. The minimum Gasteiger partial charge on any atom is -0.468 e. The number of hydrogen-bond donors (Lipinski definition) is 1. The molecule has 1 saturated heterocycles. The topological polar surface area (TPSA) is 25.2 Å². The summed E-state index contributed by atoms with van der Waals surface area (Å²) >= 11 is 0. The lowest BCUT2D eigenvalue weighted by Crippen LogP contribution is -2.34. The van der Waals surface area contributed by atoms with Crippen LogP contribution >= 0.6 is 0 Å². The standard InChI is InChI=1S/C10H15NO/c1-8-4-2-5-9(11-8)10-6-3-7-12-10/h3,6-9,11H,2,4-5H2,1H3/t8-,9-/m1/s1. The van der Waals surface area contributed by atoms with Crippen molar-refractivity contribution in [2.24, 2.45) is 0 Å². The number of nitrogens with one attached hydrogen (secondary N) is 1. The van der Waals surface area contributed by atoms with E-state index in [-0.39, 0.29) is 0 Å². The second-order valence-electron chi connectivity index (χ2n) is 3.57. The van der Waals surface area contributed by atoms with E-state index in [1.54, 1.807) is 6.26 Å². The van der Waals surface area contributed by atoms with E-state index in [1.165, 1.54) is 19.3 Å². The molecule has 66 valence electrons. The summed E-state index contributed by atoms with van der Waals surface area (Å²) < 4.78 is 5.36. The molecule has 0 spiro atoms. The molecule has 1 N–H and O–H groups in total. The second-order valence-corrected chi connectivity index (χ2v) is 3.57. The maximum Gasteiger partial charge on any atom is 0.120 e. The Morgan fingerprint density at radius 1 is 1.50 bits per heavy atom. The van der Waals surface area contributed by atoms with E-state index >= 15 is 0 Å². The van der Waals surface area contributed by atoms with Gasteiger partial charge < -0.3 is 9.73 Å². The van der Waals surface area contributed by atoms with E-state index < -0.39 is 0 Å². The average molecular weight is 165 g/mol. The zero-order valence-electron chi connectivity index (χ0n) is 7.42. The SMILES string of the molecule is C[C@@H]1CCC[C@H](c2ccco2)N1. The Morgan fingerprint density at radius 2 is 2.42 bits per heavy atom. The monoisotopic (exact) mass is 165 g/mol. The van der Waals surface area contributed by atoms with Crippen molar-refractivity contribution < 1.29 is 4.42 Å². The van der Waals surface area contributed by atoms with Crippen molar-refractivity contribution >= 4 is 0 Å². The lowest BCUT2D eigenvalue weighted by Gasteiger charge is -2.27. The van der Waals surface area contributed by atoms with Crippen LogP contribution in [0.2, 0.25) is 0 Å². The second kappa shape index (κ2) is 3.31. The predicted octanol–water partition coefficient (Wildman–Crippen LogP) is 2.48. The van der Waals surface area contributed by atoms with Gasteiger partial charge in [-0.2, -0.15) is 0 Å². The summed E-state index contributed by atoms with van der Waals surface area (Å²) in [6.07, 6.45) is 5.55. The van der Waals surface area contributed by atoms with Crippen LogP contribution in [0.4, 0.5) is 0 Å². The van der Waals surface area contributed by atoms with E-state index in [0.29, 0.717) is 12.1 Å². The Balaban J connectivity index is 2.04. The van der Waals surface area contributed by atoms with E-state index in [0.717, 1.165) is 5.76 Å². The van der Waals surface area contributed by atoms with Crippen molar-refractivity contribution in [1.82, 2.24) is 5.32 Å². The van der Waals surface area contributed by atoms with Gasteiger partial charge in [0.15, 0.2) is 0 Å². The summed E-state index contributed by atoms with van der Waals surface area (Å²) in [5, 5.41) is 3.52. The molecule has 0 amide bonds. The van der Waals surface area contributed by atoms with Crippen LogP contribution in [0.3, 0.4) is 0 Å². The number of furan rings is 1. The third kappa shape index (κ3) is 1.53. The molecule has 0 unspecified atom stereocenters. The molecule has 1 aromatic heterocycles. The average Bonchev–Trinajstić information content (AvgIpc) is 2.56. The predicted molar refractivity (Wildman–Crippen MR) is 47.9 cm³/mol. The molecule has 12 heavy (non-hydrogen) atoms. The first-order valence-corrected chi connectivity index (χ1v) is 4.66. The summed E-state index contributed by atoms with van der Waals surface area (Å²) in [6.45, 7) is 2.23. The molecule has 2 heterocycles. The Hall–Kier alpha value is -0.760. The van der Waals surface area contributed by atoms with Crippen molar-refractivity contribution in [1.29, 1.82) is 0 Å². The summed E-state index contributed by atoms with van der Waals surface area (Å²) in [4.78, 5) is 0. The third-order valence-electron chi connectivity index (χ3n) is 2.50. The fraction of sp³-hybridized carbons (Fsp3) is 0.600. The van der Waals surface area contributed by atoms with E-state index in [1.807, 2.05) is 6.07 Å². The van der Waals surface area contributed by atoms with Crippen LogP contribution in [0.5, 0.6) is 0 Å². The number of rotatable bonds is 1. The van der Waals surface area contributed by atoms with Crippen molar-refractivity contribution in [3.05, 3.63) is 24.2 Å². The minimum atomic E-state index is 0.448. The van der Waals surface area contributed by atoms with E-state index in [4.69, 9.17) is 4.42 Å². The third-order valence-corrected chi connectivity index (χ3v) is 2.50. The maximum absolute atomic E-state index is 5.36. The van der Waals surface area contributed by atoms with Gasteiger partial charge in [-0.3, -0.25) is 0 Å². The Bertz CT molecular complexity index is 230. The molecule has 1 aliphatic rings. The van der Waals surface area contributed by atoms with Gasteiger partial charge in [-0.15, -0.1) is 0 Å². The van der Waals surface area contributed by atoms with E-state index in [2.05, 4.69) is 18.3 Å². The van der Waals surface area contributed by atoms with Crippen LogP contribution in [0.25, 0.3) is 0 Å². The highest BCUT2D eigenvalue weighted by molar-refractivity contribution is 5.05. The van der Waals surface area contributed by atoms with Gasteiger partial charge in [0.1, 0.15) is 5.76 Å². The summed E-state index contributed by atoms with van der Waals surface area (Å²) in [5.74, 6) is 1.08. The molecule has 1 aromatic rings. The maximum atomic E-state index is 5.36. The summed E-state index contributed by atoms with van der Waals surface area (Å²) in [7, 11) is 0. The van der Waals surface area contributed by atoms with Crippen LogP contribution < -0.4 is 5.32 Å². The fourth-order valence-corrected chi connectivity index (χ4v) is 1.85. The molecule has 0 bridgehead atoms. The van der Waals surface area contributed by atoms with Crippen LogP contribution in [-0.2, 0) is 0 Å². The molecule has 0 aliphatic carbocycles. The van der Waals surface area contributed by atoms with Gasteiger partial charge in [0.25, 0.3) is 0 Å². The quantitative estimate of drug-likeness (QED) is 0.691. The van der Waals surface area contributed by atoms with Gasteiger partial charge in [-0.05, 0) is 38.3 Å². The number of piperidine rings is 1. The summed E-state index contributed by atoms with van der Waals surface area (Å²) in [6, 6.07) is 5.09. The van der Waals surface area contributed by atoms with Crippen molar-refractivity contribution in [2.75, 3.05) is 0 Å². The highest BCUT2D eigenvalue weighted by Crippen LogP contribution is 2.25. The molecule has 2 nitrogen and oxygen atoms in total. The van der Waals surface area contributed by atoms with Crippen LogP contribution in [0.15, 0.2) is 22.8 Å². The molecular weight excluding hydrogens is 150 g/mol. The minimum absolute atomic E-state index is 0.448. The highest BCUT2D eigenvalue weighted by atomic mass is 16.3. The lowest BCUT2D eigenvalue weighted by atomic mass is 9.98. The fourth-order valence-electron chi connectivity index (χ4n) is 1.85. The van der Waals surface area contributed by atoms with Gasteiger partial charge in [-0.1, -0.05) is 0 Å². The molecule has 2 rings (SSSR count). The van der Waals surface area contributed by atoms with Gasteiger partial charge in [0, 0.05) is 6.04 Å². The van der Waals surface area contributed by atoms with Crippen LogP contribution in [0.1, 0.15) is 38.0 Å². The Labute approximate surface area is 73.0 Å². The first-order chi connectivity index (χ1) is 5.86. The Kier molecular flexibility index (Phi) is 2.17. The van der Waals surface area contributed by atoms with Crippen LogP contribution in [0, 0.1) is 0 Å². The van der Waals surface area contributed by atoms with Crippen LogP contribution in [-0.4, -0.2) is 6.04 Å². The van der Waals surface area contributed by atoms with Gasteiger partial charge in [-0.25, -0.2) is 0 Å². The largest absolute Gasteiger partial charge is 0.468 e. The first kappa shape index (κ1) is 7.87. The smallest absolute Gasteiger partial charge is 0.120 e. The van der Waals surface area contributed by atoms with Crippen molar-refractivity contribution in [3.8, 4) is 0 Å². The Morgan fingerprint density at radius 3 is 3.08 bits per heavy atom.